The van der Waals surface area contributed by atoms with E-state index in [1.165, 1.54) is 23.9 Å². The smallest absolute Gasteiger partial charge is 0.208 e. The quantitative estimate of drug-likeness (QED) is 0.145. The van der Waals surface area contributed by atoms with Crippen LogP contribution in [0.5, 0.6) is 0 Å². The van der Waals surface area contributed by atoms with Crippen molar-refractivity contribution in [3.63, 3.8) is 0 Å². The molecule has 0 aliphatic heterocycles. The van der Waals surface area contributed by atoms with Gasteiger partial charge in [0.05, 0.1) is 29.3 Å². The predicted octanol–water partition coefficient (Wildman–Crippen LogP) is 5.68. The van der Waals surface area contributed by atoms with E-state index in [4.69, 9.17) is 20.9 Å². The number of thiophene rings is 1. The predicted molar refractivity (Wildman–Crippen MR) is 129 cm³/mol. The molecule has 0 fully saturated rings. The van der Waals surface area contributed by atoms with Crippen LogP contribution in [0, 0.1) is 5.92 Å². The summed E-state index contributed by atoms with van der Waals surface area (Å²) >= 11 is 8.21. The van der Waals surface area contributed by atoms with E-state index >= 15 is 0 Å². The van der Waals surface area contributed by atoms with E-state index in [2.05, 4.69) is 15.3 Å². The molecular formula is C22H24ClFN4O2S2. The molecule has 2 heterocycles. The third kappa shape index (κ3) is 6.98. The maximum atomic E-state index is 14.7. The highest BCUT2D eigenvalue weighted by Gasteiger charge is 2.21. The molecule has 0 aliphatic carbocycles. The zero-order valence-corrected chi connectivity index (χ0v) is 19.9. The molecule has 0 aliphatic rings. The monoisotopic (exact) mass is 494 g/mol. The van der Waals surface area contributed by atoms with E-state index in [1.807, 2.05) is 37.3 Å². The van der Waals surface area contributed by atoms with Gasteiger partial charge >= 0.3 is 0 Å². The number of nitrogens with zero attached hydrogens (tertiary/aromatic N) is 2. The van der Waals surface area contributed by atoms with Gasteiger partial charge in [-0.3, -0.25) is 9.93 Å². The minimum atomic E-state index is -1.39. The lowest BCUT2D eigenvalue weighted by atomic mass is 10.0. The molecule has 6 nitrogen and oxygen atoms in total. The number of rotatable bonds is 12. The highest BCUT2D eigenvalue weighted by Crippen LogP contribution is 2.26. The Kier molecular flexibility index (Phi) is 9.43. The second-order valence-electron chi connectivity index (χ2n) is 7.19. The Morgan fingerprint density at radius 3 is 2.97 bits per heavy atom. The number of hydrogen-bond acceptors (Lipinski definition) is 8. The topological polar surface area (TPSA) is 90.1 Å². The normalized spacial score (nSPS) is 13.0. The van der Waals surface area contributed by atoms with Crippen molar-refractivity contribution in [1.29, 1.82) is 0 Å². The maximum Gasteiger partial charge on any atom is 0.208 e. The van der Waals surface area contributed by atoms with Gasteiger partial charge in [-0.05, 0) is 35.7 Å². The summed E-state index contributed by atoms with van der Waals surface area (Å²) in [5, 5.41) is 8.66. The average Bonchev–Trinajstić information content (AvgIpc) is 3.25. The van der Waals surface area contributed by atoms with Crippen molar-refractivity contribution in [2.24, 2.45) is 11.1 Å². The lowest BCUT2D eigenvalue weighted by Crippen LogP contribution is -2.22. The van der Waals surface area contributed by atoms with Gasteiger partial charge < -0.3 is 9.50 Å². The van der Waals surface area contributed by atoms with Gasteiger partial charge in [-0.2, -0.15) is 0 Å². The van der Waals surface area contributed by atoms with Gasteiger partial charge in [0.25, 0.3) is 0 Å². The minimum absolute atomic E-state index is 0.0131. The SMILES string of the molecule is CCC(COSN)CC(F)Nc1ncncc1C(=O)c1ccc(Cc2cccc(Cl)c2)s1. The molecule has 3 N–H and O–H groups in total. The summed E-state index contributed by atoms with van der Waals surface area (Å²) in [7, 11) is 0. The van der Waals surface area contributed by atoms with E-state index in [-0.39, 0.29) is 29.5 Å². The van der Waals surface area contributed by atoms with Crippen molar-refractivity contribution in [3.05, 3.63) is 74.8 Å². The summed E-state index contributed by atoms with van der Waals surface area (Å²) in [5.41, 5.74) is 1.29. The van der Waals surface area contributed by atoms with Crippen LogP contribution < -0.4 is 10.5 Å². The van der Waals surface area contributed by atoms with Gasteiger partial charge in [0, 0.05) is 28.9 Å². The number of nitrogens with one attached hydrogen (secondary N) is 1. The van der Waals surface area contributed by atoms with Gasteiger partial charge in [-0.25, -0.2) is 14.4 Å². The van der Waals surface area contributed by atoms with Gasteiger partial charge in [-0.1, -0.05) is 37.1 Å². The third-order valence-corrected chi connectivity index (χ3v) is 6.48. The molecular weight excluding hydrogens is 471 g/mol. The summed E-state index contributed by atoms with van der Waals surface area (Å²) in [4.78, 5) is 22.7. The Hall–Kier alpha value is -2.04. The van der Waals surface area contributed by atoms with Gasteiger partial charge in [0.1, 0.15) is 12.1 Å². The van der Waals surface area contributed by atoms with Crippen LogP contribution in [0.15, 0.2) is 48.9 Å². The van der Waals surface area contributed by atoms with E-state index < -0.39 is 6.30 Å². The van der Waals surface area contributed by atoms with Crippen molar-refractivity contribution in [2.45, 2.75) is 32.5 Å². The fourth-order valence-electron chi connectivity index (χ4n) is 3.17. The van der Waals surface area contributed by atoms with E-state index in [1.54, 1.807) is 6.07 Å². The number of alkyl halides is 1. The fraction of sp³-hybridized carbons (Fsp3) is 0.318. The van der Waals surface area contributed by atoms with Crippen molar-refractivity contribution in [3.8, 4) is 0 Å². The van der Waals surface area contributed by atoms with Crippen molar-refractivity contribution < 1.29 is 13.4 Å². The third-order valence-electron chi connectivity index (χ3n) is 4.89. The van der Waals surface area contributed by atoms with Crippen LogP contribution in [0.2, 0.25) is 5.02 Å². The molecule has 0 amide bonds. The number of carbonyl (C=O) groups is 1. The molecule has 2 aromatic heterocycles. The molecule has 32 heavy (non-hydrogen) atoms. The average molecular weight is 495 g/mol. The second-order valence-corrected chi connectivity index (χ2v) is 9.22. The Morgan fingerprint density at radius 1 is 1.38 bits per heavy atom. The van der Waals surface area contributed by atoms with Crippen molar-refractivity contribution >= 4 is 46.8 Å². The van der Waals surface area contributed by atoms with Crippen LogP contribution in [0.1, 0.15) is 45.4 Å². The lowest BCUT2D eigenvalue weighted by Gasteiger charge is -2.18. The molecule has 0 radical (unpaired) electrons. The van der Waals surface area contributed by atoms with Crippen LogP contribution in [-0.2, 0) is 10.6 Å². The lowest BCUT2D eigenvalue weighted by molar-refractivity contribution is 0.104. The van der Waals surface area contributed by atoms with E-state index in [9.17, 15) is 9.18 Å². The standard InChI is InChI=1S/C22H24ClFN4O2S2/c1-2-14(12-30-32-25)10-20(24)28-22-18(11-26-13-27-22)21(29)19-7-6-17(31-19)9-15-4-3-5-16(23)8-15/h3-8,11,13-14,20H,2,9-10,12,25H2,1H3,(H,26,27,28). The fourth-order valence-corrected chi connectivity index (χ4v) is 4.65. The maximum absolute atomic E-state index is 14.7. The largest absolute Gasteiger partial charge is 0.340 e. The first-order valence-corrected chi connectivity index (χ1v) is 12.1. The molecule has 0 saturated carbocycles. The van der Waals surface area contributed by atoms with Gasteiger partial charge in [0.15, 0.2) is 6.30 Å². The molecule has 0 saturated heterocycles. The molecule has 0 bridgehead atoms. The molecule has 10 heteroatoms. The first kappa shape index (κ1) is 24.6. The highest BCUT2D eigenvalue weighted by atomic mass is 35.5. The van der Waals surface area contributed by atoms with E-state index in [0.717, 1.165) is 29.1 Å². The number of halogens is 2. The summed E-state index contributed by atoms with van der Waals surface area (Å²) in [6.45, 7) is 2.30. The molecule has 2 unspecified atom stereocenters. The van der Waals surface area contributed by atoms with Crippen molar-refractivity contribution in [1.82, 2.24) is 9.97 Å². The second kappa shape index (κ2) is 12.3. The van der Waals surface area contributed by atoms with Gasteiger partial charge in [0.2, 0.25) is 5.78 Å². The first-order valence-electron chi connectivity index (χ1n) is 10.1. The minimum Gasteiger partial charge on any atom is -0.340 e. The number of anilines is 1. The summed E-state index contributed by atoms with van der Waals surface area (Å²) in [5.74, 6) is -0.0929. The first-order chi connectivity index (χ1) is 15.5. The molecule has 2 atom stereocenters. The summed E-state index contributed by atoms with van der Waals surface area (Å²) < 4.78 is 19.8. The number of ketones is 1. The number of nitrogens with two attached hydrogens (primary N) is 1. The Balaban J connectivity index is 1.69. The molecule has 1 aromatic carbocycles. The van der Waals surface area contributed by atoms with Crippen LogP contribution in [0.4, 0.5) is 10.2 Å². The number of hydrogen-bond donors (Lipinski definition) is 2. The molecule has 0 spiro atoms. The van der Waals surface area contributed by atoms with Crippen LogP contribution in [0.25, 0.3) is 0 Å². The molecule has 3 aromatic rings. The number of aromatic nitrogens is 2. The van der Waals surface area contributed by atoms with E-state index in [0.29, 0.717) is 22.9 Å². The Labute approximate surface area is 200 Å². The molecule has 170 valence electrons. The number of carbonyl (C=O) groups excluding carboxylic acids is 1. The zero-order valence-electron chi connectivity index (χ0n) is 17.5. The van der Waals surface area contributed by atoms with Crippen LogP contribution in [-0.4, -0.2) is 28.7 Å². The number of benzene rings is 1. The Morgan fingerprint density at radius 2 is 2.22 bits per heavy atom. The zero-order chi connectivity index (χ0) is 22.9. The van der Waals surface area contributed by atoms with Crippen molar-refractivity contribution in [2.75, 3.05) is 11.9 Å². The van der Waals surface area contributed by atoms with Crippen LogP contribution >= 0.6 is 35.2 Å². The Bertz CT molecular complexity index is 1040. The molecule has 3 rings (SSSR count). The summed E-state index contributed by atoms with van der Waals surface area (Å²) in [6.07, 6.45) is 2.92. The van der Waals surface area contributed by atoms with Crippen LogP contribution in [0.3, 0.4) is 0 Å². The van der Waals surface area contributed by atoms with Gasteiger partial charge in [-0.15, -0.1) is 11.3 Å². The highest BCUT2D eigenvalue weighted by molar-refractivity contribution is 7.92. The summed E-state index contributed by atoms with van der Waals surface area (Å²) in [6, 6.07) is 11.3.